The van der Waals surface area contributed by atoms with Gasteiger partial charge < -0.3 is 9.64 Å². The fourth-order valence-electron chi connectivity index (χ4n) is 2.05. The van der Waals surface area contributed by atoms with Crippen LogP contribution in [0, 0.1) is 11.8 Å². The van der Waals surface area contributed by atoms with Crippen LogP contribution in [0.4, 0.5) is 8.78 Å². The maximum Gasteiger partial charge on any atom is 0.257 e. The number of hydrogen-bond donors (Lipinski definition) is 0. The fraction of sp³-hybridized carbons (Fsp3) is 0.500. The minimum atomic E-state index is -1.24. The van der Waals surface area contributed by atoms with Gasteiger partial charge in [-0.3, -0.25) is 4.79 Å². The zero-order chi connectivity index (χ0) is 13.1. The van der Waals surface area contributed by atoms with Gasteiger partial charge in [-0.05, 0) is 18.9 Å². The van der Waals surface area contributed by atoms with Crippen molar-refractivity contribution in [1.29, 1.82) is 0 Å². The van der Waals surface area contributed by atoms with Gasteiger partial charge in [-0.1, -0.05) is 0 Å². The molecule has 0 radical (unpaired) electrons. The van der Waals surface area contributed by atoms with E-state index in [4.69, 9.17) is 4.74 Å². The number of halogens is 2. The molecule has 1 saturated heterocycles. The Morgan fingerprint density at radius 3 is 2.72 bits per heavy atom. The number of rotatable bonds is 2. The first-order valence-electron chi connectivity index (χ1n) is 5.75. The number of hydrogen-bond acceptors (Lipinski definition) is 3. The SMILES string of the molecule is COC1CCN(C(=O)c2ccnc(F)c2F)CC1. The van der Waals surface area contributed by atoms with E-state index < -0.39 is 17.7 Å². The van der Waals surface area contributed by atoms with Crippen LogP contribution >= 0.6 is 0 Å². The maximum atomic E-state index is 13.4. The number of likely N-dealkylation sites (tertiary alicyclic amines) is 1. The molecule has 1 aliphatic heterocycles. The molecule has 1 aromatic heterocycles. The van der Waals surface area contributed by atoms with Gasteiger partial charge in [0.1, 0.15) is 0 Å². The predicted molar refractivity (Wildman–Crippen MR) is 60.1 cm³/mol. The largest absolute Gasteiger partial charge is 0.381 e. The van der Waals surface area contributed by atoms with Crippen LogP contribution in [0.1, 0.15) is 23.2 Å². The summed E-state index contributed by atoms with van der Waals surface area (Å²) in [6, 6.07) is 1.20. The molecule has 0 saturated carbocycles. The number of aromatic nitrogens is 1. The van der Waals surface area contributed by atoms with Gasteiger partial charge in [-0.2, -0.15) is 4.39 Å². The van der Waals surface area contributed by atoms with Crippen molar-refractivity contribution in [2.45, 2.75) is 18.9 Å². The second-order valence-electron chi connectivity index (χ2n) is 4.19. The first-order valence-corrected chi connectivity index (χ1v) is 5.75. The molecule has 1 aromatic rings. The number of nitrogens with zero attached hydrogens (tertiary/aromatic N) is 2. The molecule has 6 heteroatoms. The van der Waals surface area contributed by atoms with Crippen LogP contribution < -0.4 is 0 Å². The van der Waals surface area contributed by atoms with Crippen LogP contribution in [0.3, 0.4) is 0 Å². The molecule has 0 spiro atoms. The minimum Gasteiger partial charge on any atom is -0.381 e. The van der Waals surface area contributed by atoms with Crippen molar-refractivity contribution in [3.63, 3.8) is 0 Å². The number of piperidine rings is 1. The van der Waals surface area contributed by atoms with E-state index in [0.29, 0.717) is 25.9 Å². The Kier molecular flexibility index (Phi) is 3.86. The summed E-state index contributed by atoms with van der Waals surface area (Å²) in [7, 11) is 1.63. The summed E-state index contributed by atoms with van der Waals surface area (Å²) in [6.07, 6.45) is 2.63. The molecule has 1 aliphatic rings. The van der Waals surface area contributed by atoms with Crippen molar-refractivity contribution in [2.75, 3.05) is 20.2 Å². The van der Waals surface area contributed by atoms with Gasteiger partial charge in [0.15, 0.2) is 5.82 Å². The van der Waals surface area contributed by atoms with Gasteiger partial charge in [-0.15, -0.1) is 0 Å². The van der Waals surface area contributed by atoms with E-state index in [1.54, 1.807) is 7.11 Å². The van der Waals surface area contributed by atoms with Crippen LogP contribution in [0.5, 0.6) is 0 Å². The summed E-state index contributed by atoms with van der Waals surface area (Å²) >= 11 is 0. The molecule has 1 amide bonds. The normalized spacial score (nSPS) is 16.9. The summed E-state index contributed by atoms with van der Waals surface area (Å²) in [4.78, 5) is 16.7. The number of methoxy groups -OCH3 is 1. The Bertz CT molecular complexity index is 446. The standard InChI is InChI=1S/C12H14F2N2O2/c1-18-8-3-6-16(7-4-8)12(17)9-2-5-15-11(14)10(9)13/h2,5,8H,3-4,6-7H2,1H3. The number of pyridine rings is 1. The molecule has 2 heterocycles. The highest BCUT2D eigenvalue weighted by molar-refractivity contribution is 5.94. The minimum absolute atomic E-state index is 0.132. The zero-order valence-electron chi connectivity index (χ0n) is 10.0. The van der Waals surface area contributed by atoms with Crippen LogP contribution in [0.2, 0.25) is 0 Å². The van der Waals surface area contributed by atoms with Crippen molar-refractivity contribution in [1.82, 2.24) is 9.88 Å². The number of ether oxygens (including phenoxy) is 1. The van der Waals surface area contributed by atoms with E-state index in [1.165, 1.54) is 11.0 Å². The lowest BCUT2D eigenvalue weighted by Crippen LogP contribution is -2.41. The maximum absolute atomic E-state index is 13.4. The van der Waals surface area contributed by atoms with Gasteiger partial charge in [0.05, 0.1) is 11.7 Å². The van der Waals surface area contributed by atoms with Crippen LogP contribution in [-0.4, -0.2) is 42.1 Å². The second kappa shape index (κ2) is 5.39. The third-order valence-corrected chi connectivity index (χ3v) is 3.14. The Balaban J connectivity index is 2.10. The topological polar surface area (TPSA) is 42.4 Å². The van der Waals surface area contributed by atoms with Crippen molar-refractivity contribution in [2.24, 2.45) is 0 Å². The number of carbonyl (C=O) groups excluding carboxylic acids is 1. The van der Waals surface area contributed by atoms with E-state index in [1.807, 2.05) is 0 Å². The highest BCUT2D eigenvalue weighted by Crippen LogP contribution is 2.17. The predicted octanol–water partition coefficient (Wildman–Crippen LogP) is 1.61. The van der Waals surface area contributed by atoms with Gasteiger partial charge in [0, 0.05) is 26.4 Å². The first kappa shape index (κ1) is 12.9. The van der Waals surface area contributed by atoms with Gasteiger partial charge in [0.2, 0.25) is 5.95 Å². The quantitative estimate of drug-likeness (QED) is 0.755. The summed E-state index contributed by atoms with van der Waals surface area (Å²) in [5.41, 5.74) is -0.265. The second-order valence-corrected chi connectivity index (χ2v) is 4.19. The van der Waals surface area contributed by atoms with Crippen LogP contribution in [-0.2, 0) is 4.74 Å². The highest BCUT2D eigenvalue weighted by Gasteiger charge is 2.26. The molecule has 0 bridgehead atoms. The molecule has 0 atom stereocenters. The average molecular weight is 256 g/mol. The zero-order valence-corrected chi connectivity index (χ0v) is 10.0. The van der Waals surface area contributed by atoms with Gasteiger partial charge in [0.25, 0.3) is 5.91 Å². The highest BCUT2D eigenvalue weighted by atomic mass is 19.2. The van der Waals surface area contributed by atoms with Crippen molar-refractivity contribution in [3.05, 3.63) is 29.6 Å². The molecule has 18 heavy (non-hydrogen) atoms. The van der Waals surface area contributed by atoms with E-state index in [0.717, 1.165) is 6.20 Å². The number of carbonyl (C=O) groups is 1. The molecule has 98 valence electrons. The molecule has 1 fully saturated rings. The Morgan fingerprint density at radius 1 is 1.44 bits per heavy atom. The molecule has 0 unspecified atom stereocenters. The Hall–Kier alpha value is -1.56. The molecular weight excluding hydrogens is 242 g/mol. The van der Waals surface area contributed by atoms with Gasteiger partial charge >= 0.3 is 0 Å². The van der Waals surface area contributed by atoms with Crippen molar-refractivity contribution < 1.29 is 18.3 Å². The molecule has 0 aliphatic carbocycles. The molecular formula is C12H14F2N2O2. The smallest absolute Gasteiger partial charge is 0.257 e. The van der Waals surface area contributed by atoms with Crippen molar-refractivity contribution >= 4 is 5.91 Å². The van der Waals surface area contributed by atoms with Crippen LogP contribution in [0.25, 0.3) is 0 Å². The Morgan fingerprint density at radius 2 is 2.11 bits per heavy atom. The monoisotopic (exact) mass is 256 g/mol. The summed E-state index contributed by atoms with van der Waals surface area (Å²) < 4.78 is 31.6. The van der Waals surface area contributed by atoms with E-state index in [9.17, 15) is 13.6 Å². The van der Waals surface area contributed by atoms with Gasteiger partial charge in [-0.25, -0.2) is 9.37 Å². The third-order valence-electron chi connectivity index (χ3n) is 3.14. The van der Waals surface area contributed by atoms with Crippen molar-refractivity contribution in [3.8, 4) is 0 Å². The molecule has 0 aromatic carbocycles. The average Bonchev–Trinajstić information content (AvgIpc) is 2.41. The lowest BCUT2D eigenvalue weighted by atomic mass is 10.1. The van der Waals surface area contributed by atoms with E-state index >= 15 is 0 Å². The Labute approximate surface area is 104 Å². The summed E-state index contributed by atoms with van der Waals surface area (Å²) in [5, 5.41) is 0. The summed E-state index contributed by atoms with van der Waals surface area (Å²) in [6.45, 7) is 0.974. The first-order chi connectivity index (χ1) is 8.63. The summed E-state index contributed by atoms with van der Waals surface area (Å²) in [5.74, 6) is -2.92. The molecule has 2 rings (SSSR count). The van der Waals surface area contributed by atoms with Crippen LogP contribution in [0.15, 0.2) is 12.3 Å². The van der Waals surface area contributed by atoms with E-state index in [-0.39, 0.29) is 11.7 Å². The third kappa shape index (κ3) is 2.48. The fourth-order valence-corrected chi connectivity index (χ4v) is 2.05. The number of amides is 1. The molecule has 4 nitrogen and oxygen atoms in total. The van der Waals surface area contributed by atoms with E-state index in [2.05, 4.69) is 4.98 Å². The lowest BCUT2D eigenvalue weighted by Gasteiger charge is -2.31. The molecule has 0 N–H and O–H groups in total. The lowest BCUT2D eigenvalue weighted by molar-refractivity contribution is 0.0347.